The summed E-state index contributed by atoms with van der Waals surface area (Å²) in [6.07, 6.45) is 6.46. The molecule has 0 bridgehead atoms. The topological polar surface area (TPSA) is 172 Å². The maximum atomic E-state index is 13.0. The fourth-order valence-electron chi connectivity index (χ4n) is 4.39. The van der Waals surface area contributed by atoms with Crippen LogP contribution in [-0.2, 0) is 12.6 Å². The van der Waals surface area contributed by atoms with Crippen LogP contribution in [0.1, 0.15) is 53.1 Å². The monoisotopic (exact) mass is 508 g/mol. The van der Waals surface area contributed by atoms with Gasteiger partial charge in [0.15, 0.2) is 11.5 Å². The molecule has 6 N–H and O–H groups in total. The summed E-state index contributed by atoms with van der Waals surface area (Å²) in [4.78, 5) is 35.9. The van der Waals surface area contributed by atoms with Crippen molar-refractivity contribution in [1.82, 2.24) is 25.1 Å². The number of nitrogens with one attached hydrogen (secondary N) is 2. The third-order valence-electron chi connectivity index (χ3n) is 6.64. The van der Waals surface area contributed by atoms with E-state index in [0.717, 1.165) is 12.8 Å². The molecular weight excluding hydrogens is 476 g/mol. The number of aliphatic hydroxyl groups excluding tert-OH is 1. The first-order chi connectivity index (χ1) is 17.6. The fraction of sp³-hybridized carbons (Fsp3) is 0.400. The summed E-state index contributed by atoms with van der Waals surface area (Å²) in [7, 11) is 1.78. The predicted octanol–water partition coefficient (Wildman–Crippen LogP) is 1.04. The molecule has 1 aliphatic rings. The van der Waals surface area contributed by atoms with Crippen LogP contribution in [0, 0.1) is 0 Å². The van der Waals surface area contributed by atoms with E-state index in [2.05, 4.69) is 25.7 Å². The number of piperidine rings is 1. The lowest BCUT2D eigenvalue weighted by Crippen LogP contribution is -2.54. The molecule has 3 heterocycles. The van der Waals surface area contributed by atoms with Gasteiger partial charge in [0.2, 0.25) is 0 Å². The molecule has 0 radical (unpaired) electrons. The van der Waals surface area contributed by atoms with Crippen LogP contribution in [0.5, 0.6) is 0 Å². The van der Waals surface area contributed by atoms with Gasteiger partial charge in [-0.25, -0.2) is 9.97 Å². The van der Waals surface area contributed by atoms with Gasteiger partial charge in [-0.3, -0.25) is 14.3 Å². The minimum absolute atomic E-state index is 0.0192. The van der Waals surface area contributed by atoms with Crippen LogP contribution in [0.4, 0.5) is 17.3 Å². The lowest BCUT2D eigenvalue weighted by atomic mass is 9.95. The number of aliphatic hydroxyl groups is 2. The number of nitrogens with two attached hydrogens (primary N) is 1. The first-order valence-electron chi connectivity index (χ1n) is 12.0. The fourth-order valence-corrected chi connectivity index (χ4v) is 4.39. The Morgan fingerprint density at radius 2 is 1.97 bits per heavy atom. The van der Waals surface area contributed by atoms with E-state index in [-0.39, 0.29) is 29.5 Å². The van der Waals surface area contributed by atoms with E-state index in [0.29, 0.717) is 29.2 Å². The van der Waals surface area contributed by atoms with Gasteiger partial charge in [0.1, 0.15) is 11.4 Å². The first-order valence-corrected chi connectivity index (χ1v) is 12.0. The van der Waals surface area contributed by atoms with Gasteiger partial charge in [0.05, 0.1) is 24.7 Å². The molecule has 196 valence electrons. The number of hydrogen-bond donors (Lipinski definition) is 5. The third kappa shape index (κ3) is 5.70. The molecule has 1 aromatic carbocycles. The lowest BCUT2D eigenvalue weighted by molar-refractivity contribution is -0.00229. The van der Waals surface area contributed by atoms with Gasteiger partial charge in [-0.2, -0.15) is 5.10 Å². The molecule has 4 rings (SSSR count). The standard InChI is InChI=1S/C25H32N8O4/c1-15-19(30-24(36)16-6-8-17(9-7-16)25(2,37)14-34)5-4-10-33(15)20-12-27-21(22(26)35)23(31-20)29-18-11-28-32(3)13-18/h6-9,11-13,15,19,34,37H,4-5,10,14H2,1-3H3,(H2,26,35)(H,29,31)(H,30,36)/t15-,19-,25-/m1/s1. The highest BCUT2D eigenvalue weighted by Crippen LogP contribution is 2.27. The molecule has 37 heavy (non-hydrogen) atoms. The van der Waals surface area contributed by atoms with E-state index in [1.165, 1.54) is 13.1 Å². The smallest absolute Gasteiger partial charge is 0.271 e. The summed E-state index contributed by atoms with van der Waals surface area (Å²) >= 11 is 0. The number of carbonyl (C=O) groups excluding carboxylic acids is 2. The largest absolute Gasteiger partial charge is 0.393 e. The number of nitrogens with zero attached hydrogens (tertiary/aromatic N) is 5. The van der Waals surface area contributed by atoms with Crippen molar-refractivity contribution in [3.63, 3.8) is 0 Å². The van der Waals surface area contributed by atoms with Gasteiger partial charge in [-0.15, -0.1) is 0 Å². The van der Waals surface area contributed by atoms with E-state index < -0.39 is 18.1 Å². The SMILES string of the molecule is C[C@@H]1[C@H](NC(=O)c2ccc([C@](C)(O)CO)cc2)CCCN1c1cnc(C(N)=O)c(Nc2cnn(C)c2)n1. The van der Waals surface area contributed by atoms with E-state index in [4.69, 9.17) is 5.73 Å². The average Bonchev–Trinajstić information content (AvgIpc) is 3.29. The number of amides is 2. The third-order valence-corrected chi connectivity index (χ3v) is 6.64. The number of rotatable bonds is 8. The molecule has 2 aromatic heterocycles. The van der Waals surface area contributed by atoms with Crippen LogP contribution < -0.4 is 21.3 Å². The second kappa shape index (κ2) is 10.5. The molecule has 12 nitrogen and oxygen atoms in total. The molecule has 12 heteroatoms. The van der Waals surface area contributed by atoms with E-state index in [1.807, 2.05) is 11.8 Å². The Bertz CT molecular complexity index is 1270. The number of primary amides is 1. The van der Waals surface area contributed by atoms with E-state index >= 15 is 0 Å². The Labute approximate surface area is 214 Å². The van der Waals surface area contributed by atoms with Crippen molar-refractivity contribution in [2.75, 3.05) is 23.4 Å². The van der Waals surface area contributed by atoms with Crippen molar-refractivity contribution in [3.05, 3.63) is 59.7 Å². The molecule has 3 aromatic rings. The molecule has 1 saturated heterocycles. The molecule has 0 spiro atoms. The summed E-state index contributed by atoms with van der Waals surface area (Å²) in [5.41, 5.74) is 5.78. The van der Waals surface area contributed by atoms with Crippen LogP contribution in [0.15, 0.2) is 42.9 Å². The molecule has 1 fully saturated rings. The zero-order valence-electron chi connectivity index (χ0n) is 21.0. The minimum Gasteiger partial charge on any atom is -0.393 e. The maximum absolute atomic E-state index is 13.0. The van der Waals surface area contributed by atoms with Gasteiger partial charge in [0.25, 0.3) is 11.8 Å². The summed E-state index contributed by atoms with van der Waals surface area (Å²) < 4.78 is 1.62. The van der Waals surface area contributed by atoms with Crippen molar-refractivity contribution >= 4 is 29.1 Å². The molecule has 3 atom stereocenters. The number of anilines is 3. The summed E-state index contributed by atoms with van der Waals surface area (Å²) in [6.45, 7) is 3.80. The summed E-state index contributed by atoms with van der Waals surface area (Å²) in [6, 6.07) is 6.26. The molecular formula is C25H32N8O4. The van der Waals surface area contributed by atoms with Gasteiger partial charge in [-0.05, 0) is 44.4 Å². The van der Waals surface area contributed by atoms with Crippen LogP contribution in [-0.4, -0.2) is 67.0 Å². The number of hydrogen-bond acceptors (Lipinski definition) is 9. The predicted molar refractivity (Wildman–Crippen MR) is 137 cm³/mol. The summed E-state index contributed by atoms with van der Waals surface area (Å²) in [5.74, 6) is -0.148. The normalized spacial score (nSPS) is 19.2. The van der Waals surface area contributed by atoms with Crippen LogP contribution in [0.3, 0.4) is 0 Å². The average molecular weight is 509 g/mol. The second-order valence-corrected chi connectivity index (χ2v) is 9.48. The zero-order valence-corrected chi connectivity index (χ0v) is 21.0. The Balaban J connectivity index is 1.50. The molecule has 2 amide bonds. The van der Waals surface area contributed by atoms with Gasteiger partial charge < -0.3 is 31.5 Å². The van der Waals surface area contributed by atoms with Crippen molar-refractivity contribution in [2.24, 2.45) is 12.8 Å². The number of aryl methyl sites for hydroxylation is 1. The van der Waals surface area contributed by atoms with Crippen LogP contribution >= 0.6 is 0 Å². The van der Waals surface area contributed by atoms with E-state index in [1.54, 1.807) is 48.4 Å². The van der Waals surface area contributed by atoms with Crippen molar-refractivity contribution < 1.29 is 19.8 Å². The summed E-state index contributed by atoms with van der Waals surface area (Å²) in [5, 5.41) is 29.8. The van der Waals surface area contributed by atoms with Crippen molar-refractivity contribution in [3.8, 4) is 0 Å². The first kappa shape index (κ1) is 26.0. The maximum Gasteiger partial charge on any atom is 0.271 e. The Morgan fingerprint density at radius 1 is 1.24 bits per heavy atom. The minimum atomic E-state index is -1.37. The highest BCUT2D eigenvalue weighted by molar-refractivity contribution is 5.96. The second-order valence-electron chi connectivity index (χ2n) is 9.48. The van der Waals surface area contributed by atoms with Gasteiger partial charge in [0, 0.05) is 37.4 Å². The van der Waals surface area contributed by atoms with Crippen LogP contribution in [0.25, 0.3) is 0 Å². The molecule has 0 aliphatic carbocycles. The van der Waals surface area contributed by atoms with E-state index in [9.17, 15) is 19.8 Å². The molecule has 0 saturated carbocycles. The highest BCUT2D eigenvalue weighted by atomic mass is 16.3. The lowest BCUT2D eigenvalue weighted by Gasteiger charge is -2.40. The van der Waals surface area contributed by atoms with Gasteiger partial charge >= 0.3 is 0 Å². The quantitative estimate of drug-likeness (QED) is 0.298. The molecule has 1 aliphatic heterocycles. The molecule has 0 unspecified atom stereocenters. The Kier molecular flexibility index (Phi) is 7.41. The van der Waals surface area contributed by atoms with Gasteiger partial charge in [-0.1, -0.05) is 12.1 Å². The van der Waals surface area contributed by atoms with Crippen LogP contribution in [0.2, 0.25) is 0 Å². The van der Waals surface area contributed by atoms with Crippen molar-refractivity contribution in [1.29, 1.82) is 0 Å². The highest BCUT2D eigenvalue weighted by Gasteiger charge is 2.31. The Morgan fingerprint density at radius 3 is 2.59 bits per heavy atom. The number of carbonyl (C=O) groups is 2. The number of aromatic nitrogens is 4. The van der Waals surface area contributed by atoms with Crippen molar-refractivity contribution in [2.45, 2.75) is 44.4 Å². The number of benzene rings is 1. The zero-order chi connectivity index (χ0) is 26.7. The Hall–Kier alpha value is -4.03.